The molecule has 16 heteroatoms. The molecule has 6 rings (SSSR count). The lowest BCUT2D eigenvalue weighted by molar-refractivity contribution is -0.777. The van der Waals surface area contributed by atoms with E-state index in [1.807, 2.05) is 61.6 Å². The molecule has 0 unspecified atom stereocenters. The first-order valence-corrected chi connectivity index (χ1v) is 25.8. The second-order valence-corrected chi connectivity index (χ2v) is 22.7. The summed E-state index contributed by atoms with van der Waals surface area (Å²) in [7, 11) is -8.92. The Morgan fingerprint density at radius 3 is 2.22 bits per heavy atom. The van der Waals surface area contributed by atoms with Crippen LogP contribution in [-0.2, 0) is 45.1 Å². The molecule has 350 valence electrons. The smallest absolute Gasteiger partial charge is 0.429 e. The Balaban J connectivity index is 1.53. The number of hydrogen-bond donors (Lipinski definition) is 0. The lowest BCUT2D eigenvalue weighted by Gasteiger charge is -2.29. The lowest BCUT2D eigenvalue weighted by Crippen LogP contribution is -2.40. The van der Waals surface area contributed by atoms with Gasteiger partial charge in [-0.3, -0.25) is 5.04 Å². The third kappa shape index (κ3) is 11.4. The topological polar surface area (TPSA) is 169 Å². The summed E-state index contributed by atoms with van der Waals surface area (Å²) in [6.45, 7) is 16.6. The molecule has 0 bridgehead atoms. The number of nitrogens with zero attached hydrogens (tertiary/aromatic N) is 3. The van der Waals surface area contributed by atoms with E-state index in [1.54, 1.807) is 32.9 Å². The normalized spacial score (nSPS) is 18.3. The first kappa shape index (κ1) is 49.9. The van der Waals surface area contributed by atoms with Crippen molar-refractivity contribution in [1.82, 2.24) is 4.31 Å². The predicted octanol–water partition coefficient (Wildman–Crippen LogP) is 9.19. The maximum atomic E-state index is 15.0. The monoisotopic (exact) mass is 946 g/mol. The van der Waals surface area contributed by atoms with Gasteiger partial charge in [-0.2, -0.15) is 13.2 Å². The van der Waals surface area contributed by atoms with E-state index in [0.717, 1.165) is 68.7 Å². The highest BCUT2D eigenvalue weighted by Crippen LogP contribution is 2.48. The summed E-state index contributed by atoms with van der Waals surface area (Å²) in [5.41, 5.74) is 6.44. The van der Waals surface area contributed by atoms with E-state index in [0.29, 0.717) is 49.3 Å². The van der Waals surface area contributed by atoms with Gasteiger partial charge in [0.1, 0.15) is 12.1 Å². The van der Waals surface area contributed by atoms with Gasteiger partial charge in [0, 0.05) is 71.0 Å². The molecule has 2 aliphatic heterocycles. The van der Waals surface area contributed by atoms with Gasteiger partial charge in [0.05, 0.1) is 26.1 Å². The molecule has 0 N–H and O–H groups in total. The molecule has 3 aliphatic rings. The highest BCUT2D eigenvalue weighted by atomic mass is 32.2. The number of anilines is 1. The summed E-state index contributed by atoms with van der Waals surface area (Å²) < 4.78 is 77.8. The Labute approximate surface area is 389 Å². The number of allylic oxidation sites excluding steroid dienone is 7. The molecular formula is C49H60N3O10S3-. The Hall–Kier alpha value is -4.55. The van der Waals surface area contributed by atoms with Gasteiger partial charge in [0.25, 0.3) is 10.0 Å². The van der Waals surface area contributed by atoms with Crippen LogP contribution in [0.15, 0.2) is 125 Å². The van der Waals surface area contributed by atoms with Gasteiger partial charge in [-0.15, -0.1) is 0 Å². The van der Waals surface area contributed by atoms with Gasteiger partial charge in [0.15, 0.2) is 5.71 Å². The van der Waals surface area contributed by atoms with Crippen molar-refractivity contribution < 1.29 is 50.1 Å². The Kier molecular flexibility index (Phi) is 15.4. The Morgan fingerprint density at radius 1 is 0.862 bits per heavy atom. The van der Waals surface area contributed by atoms with Gasteiger partial charge in [-0.1, -0.05) is 80.1 Å². The standard InChI is InChI=1S/C49H61N3O10S3/c1-35-21-27-38(28-22-35)65(58,59)52(46(53)60-47(2,3)4)45-36(25-29-43-48(5,6)39-17-9-11-19-41(39)50(43)31-13-15-33-63-62-61-54)23-24-37(45)26-30-44-49(7,8)40-18-10-12-20-42(40)51(44)32-14-16-34-64(55,56)57/h9-12,17-22,25-30H,13-16,23-24,31-34H2,1-8H3,(H-,54,55,56,57)/p-1. The number of carbonyl (C=O) groups is 1. The van der Waals surface area contributed by atoms with Crippen molar-refractivity contribution in [3.05, 3.63) is 136 Å². The number of ether oxygens (including phenoxy) is 1. The fourth-order valence-electron chi connectivity index (χ4n) is 8.88. The van der Waals surface area contributed by atoms with Crippen molar-refractivity contribution in [2.24, 2.45) is 0 Å². The van der Waals surface area contributed by atoms with Crippen LogP contribution in [0.5, 0.6) is 0 Å². The zero-order chi connectivity index (χ0) is 47.4. The number of sulfonamides is 1. The third-order valence-corrected chi connectivity index (χ3v) is 15.1. The van der Waals surface area contributed by atoms with Crippen LogP contribution in [-0.4, -0.2) is 72.3 Å². The number of unbranched alkanes of at least 4 members (excludes halogenated alkanes) is 2. The summed E-state index contributed by atoms with van der Waals surface area (Å²) in [6.07, 6.45) is 9.81. The number of hydrogen-bond acceptors (Lipinski definition) is 12. The van der Waals surface area contributed by atoms with Crippen LogP contribution >= 0.6 is 12.0 Å². The second kappa shape index (κ2) is 20.1. The lowest BCUT2D eigenvalue weighted by atomic mass is 9.81. The Bertz CT molecular complexity index is 2640. The van der Waals surface area contributed by atoms with E-state index in [1.165, 1.54) is 12.1 Å². The quantitative estimate of drug-likeness (QED) is 0.0297. The zero-order valence-corrected chi connectivity index (χ0v) is 40.9. The van der Waals surface area contributed by atoms with Gasteiger partial charge >= 0.3 is 6.09 Å². The molecule has 13 nitrogen and oxygen atoms in total. The van der Waals surface area contributed by atoms with Crippen LogP contribution in [0.2, 0.25) is 0 Å². The maximum absolute atomic E-state index is 15.0. The van der Waals surface area contributed by atoms with E-state index in [-0.39, 0.29) is 17.0 Å². The van der Waals surface area contributed by atoms with E-state index < -0.39 is 48.4 Å². The van der Waals surface area contributed by atoms with Gasteiger partial charge in [-0.25, -0.2) is 21.6 Å². The summed E-state index contributed by atoms with van der Waals surface area (Å²) in [4.78, 5) is 16.8. The number of benzene rings is 3. The largest absolute Gasteiger partial charge is 0.748 e. The van der Waals surface area contributed by atoms with E-state index in [4.69, 9.17) is 4.74 Å². The zero-order valence-electron chi connectivity index (χ0n) is 38.5. The van der Waals surface area contributed by atoms with Crippen molar-refractivity contribution in [3.8, 4) is 0 Å². The highest BCUT2D eigenvalue weighted by Gasteiger charge is 2.45. The highest BCUT2D eigenvalue weighted by molar-refractivity contribution is 7.94. The number of aryl methyl sites for hydroxylation is 1. The van der Waals surface area contributed by atoms with Gasteiger partial charge in [-0.05, 0) is 115 Å². The van der Waals surface area contributed by atoms with Crippen molar-refractivity contribution in [2.75, 3.05) is 29.5 Å². The summed E-state index contributed by atoms with van der Waals surface area (Å²) in [5, 5.41) is 13.8. The van der Waals surface area contributed by atoms with Crippen LogP contribution < -0.4 is 10.2 Å². The summed E-state index contributed by atoms with van der Waals surface area (Å²) in [5.74, 6) is 0.111. The average molecular weight is 947 g/mol. The maximum Gasteiger partial charge on any atom is 0.429 e. The van der Waals surface area contributed by atoms with Crippen LogP contribution in [0.25, 0.3) is 0 Å². The number of rotatable bonds is 18. The fraction of sp³-hybridized carbons (Fsp3) is 0.429. The molecule has 0 fully saturated rings. The Morgan fingerprint density at radius 2 is 1.54 bits per heavy atom. The molecule has 65 heavy (non-hydrogen) atoms. The molecule has 0 saturated heterocycles. The van der Waals surface area contributed by atoms with Crippen LogP contribution in [0.3, 0.4) is 0 Å². The molecule has 3 aromatic carbocycles. The molecule has 0 aromatic heterocycles. The minimum absolute atomic E-state index is 0.0636. The third-order valence-electron chi connectivity index (χ3n) is 12.0. The number of carbonyl (C=O) groups excluding carboxylic acids is 1. The van der Waals surface area contributed by atoms with Crippen LogP contribution in [0.4, 0.5) is 16.2 Å². The molecule has 0 spiro atoms. The minimum atomic E-state index is -4.55. The molecule has 2 heterocycles. The molecule has 0 atom stereocenters. The summed E-state index contributed by atoms with van der Waals surface area (Å²) >= 11 is 0.958. The summed E-state index contributed by atoms with van der Waals surface area (Å²) in [6, 6.07) is 22.6. The molecule has 1 aliphatic carbocycles. The first-order chi connectivity index (χ1) is 30.6. The minimum Gasteiger partial charge on any atom is -0.748 e. The first-order valence-electron chi connectivity index (χ1n) is 21.9. The number of para-hydroxylation sites is 2. The second-order valence-electron chi connectivity index (χ2n) is 18.6. The molecule has 1 amide bonds. The fourth-order valence-corrected chi connectivity index (χ4v) is 11.3. The van der Waals surface area contributed by atoms with Gasteiger partial charge in [0.2, 0.25) is 5.69 Å². The SMILES string of the molecule is Cc1ccc(S(=O)(=O)N(C(=O)OC(C)(C)C)C2=C(/C=C/C3=[N+](CCCCS(=O)(=O)[O-])c4ccccc4C3(C)C)CC/C2=C\C=C2\N(CCCCSOO[O-])c3ccccc3C2(C)C)cc1. The molecule has 3 aromatic rings. The molecule has 0 radical (unpaired) electrons. The average Bonchev–Trinajstić information content (AvgIpc) is 3.79. The van der Waals surface area contributed by atoms with E-state index in [2.05, 4.69) is 64.7 Å². The van der Waals surface area contributed by atoms with Crippen LogP contribution in [0.1, 0.15) is 104 Å². The molecular weight excluding hydrogens is 887 g/mol. The van der Waals surface area contributed by atoms with Crippen LogP contribution in [0, 0.1) is 6.92 Å². The van der Waals surface area contributed by atoms with Crippen molar-refractivity contribution in [2.45, 2.75) is 115 Å². The van der Waals surface area contributed by atoms with Gasteiger partial charge < -0.3 is 19.4 Å². The molecule has 0 saturated carbocycles. The van der Waals surface area contributed by atoms with Crippen molar-refractivity contribution in [3.63, 3.8) is 0 Å². The van der Waals surface area contributed by atoms with E-state index >= 15 is 8.42 Å². The van der Waals surface area contributed by atoms with Crippen molar-refractivity contribution in [1.29, 1.82) is 0 Å². The number of amides is 1. The van der Waals surface area contributed by atoms with E-state index in [9.17, 15) is 23.0 Å². The van der Waals surface area contributed by atoms with Crippen molar-refractivity contribution >= 4 is 55.4 Å². The predicted molar refractivity (Wildman–Crippen MR) is 252 cm³/mol. The number of fused-ring (bicyclic) bond motifs is 2.